The first-order chi connectivity index (χ1) is 18.8. The number of likely N-dealkylation sites (tertiary alicyclic amines) is 1. The average molecular weight is 536 g/mol. The third kappa shape index (κ3) is 6.47. The minimum absolute atomic E-state index is 0.0508. The summed E-state index contributed by atoms with van der Waals surface area (Å²) in [6, 6.07) is 9.60. The van der Waals surface area contributed by atoms with Crippen molar-refractivity contribution in [1.82, 2.24) is 14.5 Å². The van der Waals surface area contributed by atoms with E-state index in [0.29, 0.717) is 49.2 Å². The van der Waals surface area contributed by atoms with Crippen molar-refractivity contribution >= 4 is 17.4 Å². The lowest BCUT2D eigenvalue weighted by Crippen LogP contribution is -2.31. The lowest BCUT2D eigenvalue weighted by Gasteiger charge is -2.26. The van der Waals surface area contributed by atoms with Gasteiger partial charge in [-0.05, 0) is 67.6 Å². The fourth-order valence-corrected chi connectivity index (χ4v) is 4.55. The van der Waals surface area contributed by atoms with Crippen molar-refractivity contribution in [2.45, 2.75) is 46.2 Å². The summed E-state index contributed by atoms with van der Waals surface area (Å²) in [5, 5.41) is 11.2. The van der Waals surface area contributed by atoms with Gasteiger partial charge in [0, 0.05) is 31.0 Å². The predicted octanol–water partition coefficient (Wildman–Crippen LogP) is 5.36. The van der Waals surface area contributed by atoms with Gasteiger partial charge in [0.15, 0.2) is 11.5 Å². The number of Topliss-reactive ketones (excluding diaryl/α,β-unsaturated/α-hetero) is 1. The van der Waals surface area contributed by atoms with Crippen LogP contribution < -0.4 is 9.47 Å². The van der Waals surface area contributed by atoms with Crippen LogP contribution >= 0.6 is 0 Å². The van der Waals surface area contributed by atoms with Crippen molar-refractivity contribution in [3.63, 3.8) is 0 Å². The van der Waals surface area contributed by atoms with Crippen molar-refractivity contribution in [1.29, 1.82) is 0 Å². The van der Waals surface area contributed by atoms with Gasteiger partial charge in [0.05, 0.1) is 31.2 Å². The highest BCUT2D eigenvalue weighted by molar-refractivity contribution is 6.46. The van der Waals surface area contributed by atoms with Crippen LogP contribution in [-0.4, -0.2) is 51.0 Å². The number of ketones is 1. The van der Waals surface area contributed by atoms with Crippen LogP contribution in [0.2, 0.25) is 0 Å². The van der Waals surface area contributed by atoms with Crippen molar-refractivity contribution in [2.24, 2.45) is 5.92 Å². The fourth-order valence-electron chi connectivity index (χ4n) is 4.55. The Balaban J connectivity index is 1.73. The Labute approximate surface area is 227 Å². The maximum absolute atomic E-state index is 13.6. The summed E-state index contributed by atoms with van der Waals surface area (Å²) in [5.74, 6) is -0.790. The molecular formula is C30H34FN3O5. The van der Waals surface area contributed by atoms with Crippen LogP contribution in [-0.2, 0) is 16.1 Å². The second-order valence-corrected chi connectivity index (χ2v) is 9.82. The Morgan fingerprint density at radius 3 is 2.51 bits per heavy atom. The van der Waals surface area contributed by atoms with Gasteiger partial charge in [0.25, 0.3) is 11.7 Å². The molecule has 39 heavy (non-hydrogen) atoms. The summed E-state index contributed by atoms with van der Waals surface area (Å²) in [5.41, 5.74) is 0.793. The SMILES string of the molecule is CCOc1cc(C2/C(=C(\O)c3ccc(F)cc3)C(=O)C(=O)N2CCCn2ccnc2)ccc1OCCC(C)C. The van der Waals surface area contributed by atoms with E-state index in [9.17, 15) is 19.1 Å². The molecule has 1 fully saturated rings. The Hall–Kier alpha value is -4.14. The molecule has 206 valence electrons. The average Bonchev–Trinajstić information content (AvgIpc) is 3.52. The number of hydrogen-bond donors (Lipinski definition) is 1. The highest BCUT2D eigenvalue weighted by Gasteiger charge is 2.46. The molecule has 0 aliphatic carbocycles. The molecule has 4 rings (SSSR count). The van der Waals surface area contributed by atoms with E-state index in [0.717, 1.165) is 6.42 Å². The molecule has 2 heterocycles. The number of carbonyl (C=O) groups excluding carboxylic acids is 2. The van der Waals surface area contributed by atoms with Crippen molar-refractivity contribution in [3.8, 4) is 11.5 Å². The normalized spacial score (nSPS) is 16.7. The number of aliphatic hydroxyl groups excluding tert-OH is 1. The molecule has 0 radical (unpaired) electrons. The summed E-state index contributed by atoms with van der Waals surface area (Å²) in [6.45, 7) is 7.88. The number of halogens is 1. The number of aryl methyl sites for hydroxylation is 1. The third-order valence-electron chi connectivity index (χ3n) is 6.57. The highest BCUT2D eigenvalue weighted by Crippen LogP contribution is 2.42. The Morgan fingerprint density at radius 2 is 1.85 bits per heavy atom. The topological polar surface area (TPSA) is 93.9 Å². The number of aromatic nitrogens is 2. The monoisotopic (exact) mass is 535 g/mol. The van der Waals surface area contributed by atoms with Crippen LogP contribution in [0.15, 0.2) is 66.8 Å². The van der Waals surface area contributed by atoms with Gasteiger partial charge in [0.2, 0.25) is 0 Å². The Kier molecular flexibility index (Phi) is 9.01. The molecule has 3 aromatic rings. The van der Waals surface area contributed by atoms with Crippen LogP contribution in [0, 0.1) is 11.7 Å². The number of amides is 1. The molecular weight excluding hydrogens is 501 g/mol. The number of carbonyl (C=O) groups is 2. The van der Waals surface area contributed by atoms with E-state index in [-0.39, 0.29) is 23.4 Å². The zero-order chi connectivity index (χ0) is 27.9. The Morgan fingerprint density at radius 1 is 1.08 bits per heavy atom. The maximum atomic E-state index is 13.6. The summed E-state index contributed by atoms with van der Waals surface area (Å²) < 4.78 is 27.3. The molecule has 0 spiro atoms. The van der Waals surface area contributed by atoms with E-state index >= 15 is 0 Å². The van der Waals surface area contributed by atoms with Crippen LogP contribution in [0.4, 0.5) is 4.39 Å². The third-order valence-corrected chi connectivity index (χ3v) is 6.57. The largest absolute Gasteiger partial charge is 0.507 e. The molecule has 0 saturated carbocycles. The molecule has 8 nitrogen and oxygen atoms in total. The second-order valence-electron chi connectivity index (χ2n) is 9.82. The molecule has 1 aliphatic rings. The number of aliphatic hydroxyl groups is 1. The lowest BCUT2D eigenvalue weighted by molar-refractivity contribution is -0.139. The minimum Gasteiger partial charge on any atom is -0.507 e. The quantitative estimate of drug-likeness (QED) is 0.191. The number of imidazole rings is 1. The van der Waals surface area contributed by atoms with E-state index in [1.807, 2.05) is 17.7 Å². The first-order valence-corrected chi connectivity index (χ1v) is 13.2. The predicted molar refractivity (Wildman–Crippen MR) is 145 cm³/mol. The standard InChI is InChI=1S/C30H34FN3O5/c1-4-38-25-18-22(8-11-24(25)39-17-12-20(2)3)27-26(28(35)21-6-9-23(31)10-7-21)29(36)30(37)34(27)15-5-14-33-16-13-32-19-33/h6-11,13,16,18-20,27,35H,4-5,12,14-15,17H2,1-3H3/b28-26+. The number of ether oxygens (including phenoxy) is 2. The summed E-state index contributed by atoms with van der Waals surface area (Å²) in [6.07, 6.45) is 6.63. The number of nitrogens with zero attached hydrogens (tertiary/aromatic N) is 3. The van der Waals surface area contributed by atoms with Crippen molar-refractivity contribution < 1.29 is 28.6 Å². The molecule has 1 amide bonds. The summed E-state index contributed by atoms with van der Waals surface area (Å²) >= 11 is 0. The molecule has 1 atom stereocenters. The van der Waals surface area contributed by atoms with E-state index in [2.05, 4.69) is 18.8 Å². The van der Waals surface area contributed by atoms with E-state index in [4.69, 9.17) is 9.47 Å². The summed E-state index contributed by atoms with van der Waals surface area (Å²) in [4.78, 5) is 32.1. The van der Waals surface area contributed by atoms with Crippen LogP contribution in [0.5, 0.6) is 11.5 Å². The molecule has 9 heteroatoms. The van der Waals surface area contributed by atoms with Gasteiger partial charge < -0.3 is 24.0 Å². The highest BCUT2D eigenvalue weighted by atomic mass is 19.1. The van der Waals surface area contributed by atoms with Gasteiger partial charge in [-0.2, -0.15) is 0 Å². The minimum atomic E-state index is -0.859. The first-order valence-electron chi connectivity index (χ1n) is 13.2. The van der Waals surface area contributed by atoms with Crippen LogP contribution in [0.25, 0.3) is 5.76 Å². The van der Waals surface area contributed by atoms with Crippen LogP contribution in [0.1, 0.15) is 50.8 Å². The first kappa shape index (κ1) is 27.9. The van der Waals surface area contributed by atoms with Gasteiger partial charge in [-0.25, -0.2) is 9.37 Å². The van der Waals surface area contributed by atoms with Gasteiger partial charge in [-0.3, -0.25) is 9.59 Å². The van der Waals surface area contributed by atoms with Crippen LogP contribution in [0.3, 0.4) is 0 Å². The molecule has 1 aromatic heterocycles. The second kappa shape index (κ2) is 12.6. The van der Waals surface area contributed by atoms with Gasteiger partial charge in [-0.1, -0.05) is 19.9 Å². The zero-order valence-corrected chi connectivity index (χ0v) is 22.5. The van der Waals surface area contributed by atoms with Gasteiger partial charge in [-0.15, -0.1) is 0 Å². The van der Waals surface area contributed by atoms with Gasteiger partial charge >= 0.3 is 0 Å². The molecule has 1 aliphatic heterocycles. The molecule has 1 saturated heterocycles. The van der Waals surface area contributed by atoms with Gasteiger partial charge in [0.1, 0.15) is 11.6 Å². The molecule has 0 bridgehead atoms. The molecule has 1 N–H and O–H groups in total. The Bertz CT molecular complexity index is 1320. The zero-order valence-electron chi connectivity index (χ0n) is 22.5. The molecule has 1 unspecified atom stereocenters. The van der Waals surface area contributed by atoms with E-state index in [1.165, 1.54) is 29.2 Å². The number of rotatable bonds is 12. The maximum Gasteiger partial charge on any atom is 0.295 e. The number of hydrogen-bond acceptors (Lipinski definition) is 6. The summed E-state index contributed by atoms with van der Waals surface area (Å²) in [7, 11) is 0. The lowest BCUT2D eigenvalue weighted by atomic mass is 9.95. The van der Waals surface area contributed by atoms with Crippen molar-refractivity contribution in [2.75, 3.05) is 19.8 Å². The van der Waals surface area contributed by atoms with E-state index < -0.39 is 23.5 Å². The van der Waals surface area contributed by atoms with E-state index in [1.54, 1.807) is 30.7 Å². The van der Waals surface area contributed by atoms with Crippen molar-refractivity contribution in [3.05, 3.63) is 83.7 Å². The smallest absolute Gasteiger partial charge is 0.295 e. The fraction of sp³-hybridized carbons (Fsp3) is 0.367. The number of benzene rings is 2. The molecule has 2 aromatic carbocycles.